The van der Waals surface area contributed by atoms with Gasteiger partial charge < -0.3 is 0 Å². The monoisotopic (exact) mass is 431 g/mol. The molecule has 0 amide bonds. The van der Waals surface area contributed by atoms with Crippen molar-refractivity contribution in [2.75, 3.05) is 7.11 Å². The van der Waals surface area contributed by atoms with Crippen molar-refractivity contribution in [3.63, 3.8) is 0 Å². The summed E-state index contributed by atoms with van der Waals surface area (Å²) in [7, 11) is -0.0457. The molecule has 0 spiro atoms. The molecule has 0 bridgehead atoms. The van der Waals surface area contributed by atoms with E-state index >= 15 is 0 Å². The van der Waals surface area contributed by atoms with E-state index in [4.69, 9.17) is 16.3 Å². The van der Waals surface area contributed by atoms with Crippen LogP contribution in [0.4, 0.5) is 0 Å². The number of alkyl halides is 1. The first-order chi connectivity index (χ1) is 10.7. The summed E-state index contributed by atoms with van der Waals surface area (Å²) in [6, 6.07) is 8.86. The second-order valence-electron chi connectivity index (χ2n) is 6.90. The van der Waals surface area contributed by atoms with Gasteiger partial charge in [-0.15, -0.1) is 0 Å². The van der Waals surface area contributed by atoms with Crippen molar-refractivity contribution in [3.8, 4) is 5.75 Å². The van der Waals surface area contributed by atoms with Gasteiger partial charge in [0.15, 0.2) is 0 Å². The van der Waals surface area contributed by atoms with Gasteiger partial charge in [0, 0.05) is 0 Å². The molecular formula is C18H27ClOPPd. The third-order valence-electron chi connectivity index (χ3n) is 5.96. The zero-order valence-corrected chi connectivity index (χ0v) is 16.6. The average molecular weight is 432 g/mol. The van der Waals surface area contributed by atoms with Crippen LogP contribution in [0.2, 0.25) is 0 Å². The molecule has 3 rings (SSSR count). The van der Waals surface area contributed by atoms with Crippen LogP contribution in [0.15, 0.2) is 24.3 Å². The van der Waals surface area contributed by atoms with Crippen LogP contribution in [0.5, 0.6) is 5.75 Å². The summed E-state index contributed by atoms with van der Waals surface area (Å²) in [6.07, 6.45) is 11.0. The molecule has 2 aliphatic carbocycles. The Labute approximate surface area is 151 Å². The summed E-state index contributed by atoms with van der Waals surface area (Å²) in [5.74, 6) is 0.986. The van der Waals surface area contributed by atoms with E-state index in [1.54, 1.807) is 7.11 Å². The van der Waals surface area contributed by atoms with Crippen molar-refractivity contribution in [2.45, 2.75) is 66.3 Å². The van der Waals surface area contributed by atoms with E-state index in [0.717, 1.165) is 17.1 Å². The minimum atomic E-state index is -1.81. The van der Waals surface area contributed by atoms with Crippen LogP contribution in [-0.4, -0.2) is 22.0 Å². The molecule has 0 radical (unpaired) electrons. The molecule has 0 saturated heterocycles. The van der Waals surface area contributed by atoms with E-state index in [9.17, 15) is 0 Å². The van der Waals surface area contributed by atoms with Crippen molar-refractivity contribution in [1.29, 1.82) is 0 Å². The molecule has 1 nitrogen and oxygen atoms in total. The molecule has 2 aliphatic rings. The van der Waals surface area contributed by atoms with Crippen molar-refractivity contribution >= 4 is 24.2 Å². The van der Waals surface area contributed by atoms with Crippen molar-refractivity contribution in [1.82, 2.24) is 0 Å². The van der Waals surface area contributed by atoms with Crippen LogP contribution < -0.4 is 10.0 Å². The SMILES string of the molecule is COc1cccc([PH]([CH](Cl)[Pd])(C2CCCC2)C2CCCC2)c1. The molecule has 4 heteroatoms. The molecule has 0 aromatic heterocycles. The minimum absolute atomic E-state index is 0.161. The van der Waals surface area contributed by atoms with Crippen LogP contribution in [0.25, 0.3) is 0 Å². The maximum absolute atomic E-state index is 6.94. The summed E-state index contributed by atoms with van der Waals surface area (Å²) in [4.78, 5) is 0. The third-order valence-corrected chi connectivity index (χ3v) is 15.1. The van der Waals surface area contributed by atoms with Crippen molar-refractivity contribution < 1.29 is 23.9 Å². The first kappa shape index (κ1) is 17.2. The third kappa shape index (κ3) is 3.02. The molecular weight excluding hydrogens is 405 g/mol. The first-order valence-electron chi connectivity index (χ1n) is 8.58. The standard InChI is InChI=1S/C18H27ClOP.Pd/c1-20-15-7-6-12-18(13-15)21(14-19,16-8-2-3-9-16)17-10-4-5-11-17;/h6-7,12-14,16-17,21H,2-5,8-11H2,1H3;. The Bertz CT molecular complexity index is 480. The molecule has 0 heterocycles. The Morgan fingerprint density at radius 2 is 1.64 bits per heavy atom. The Balaban J connectivity index is 2.10. The van der Waals surface area contributed by atoms with Crippen LogP contribution >= 0.6 is 18.9 Å². The molecule has 0 N–H and O–H groups in total. The Morgan fingerprint density at radius 3 is 2.09 bits per heavy atom. The number of methoxy groups -OCH3 is 1. The van der Waals surface area contributed by atoms with Crippen molar-refractivity contribution in [2.24, 2.45) is 0 Å². The van der Waals surface area contributed by atoms with Gasteiger partial charge in [0.25, 0.3) is 0 Å². The number of ether oxygens (including phenoxy) is 1. The number of hydrogen-bond acceptors (Lipinski definition) is 1. The molecule has 1 aromatic carbocycles. The summed E-state index contributed by atoms with van der Waals surface area (Å²) in [5, 5.41) is 1.53. The number of benzene rings is 1. The van der Waals surface area contributed by atoms with Crippen LogP contribution in [0, 0.1) is 0 Å². The van der Waals surface area contributed by atoms with E-state index < -0.39 is 7.26 Å². The molecule has 1 unspecified atom stereocenters. The Morgan fingerprint density at radius 1 is 1.09 bits per heavy atom. The average Bonchev–Trinajstić information content (AvgIpc) is 3.22. The molecule has 22 heavy (non-hydrogen) atoms. The second-order valence-corrected chi connectivity index (χ2v) is 14.5. The topological polar surface area (TPSA) is 9.23 Å². The predicted molar refractivity (Wildman–Crippen MR) is 95.1 cm³/mol. The van der Waals surface area contributed by atoms with Gasteiger partial charge in [0.2, 0.25) is 0 Å². The van der Waals surface area contributed by atoms with Gasteiger partial charge in [0.1, 0.15) is 0 Å². The fourth-order valence-corrected chi connectivity index (χ4v) is 15.4. The molecule has 2 saturated carbocycles. The fourth-order valence-electron chi connectivity index (χ4n) is 4.95. The van der Waals surface area contributed by atoms with E-state index in [-0.39, 0.29) is 3.59 Å². The zero-order chi connectivity index (χ0) is 15.6. The van der Waals surface area contributed by atoms with Gasteiger partial charge in [-0.1, -0.05) is 0 Å². The molecule has 1 aromatic rings. The van der Waals surface area contributed by atoms with Gasteiger partial charge in [-0.3, -0.25) is 0 Å². The van der Waals surface area contributed by atoms with Gasteiger partial charge in [-0.2, -0.15) is 0 Å². The zero-order valence-electron chi connectivity index (χ0n) is 13.3. The van der Waals surface area contributed by atoms with E-state index in [2.05, 4.69) is 43.5 Å². The van der Waals surface area contributed by atoms with Gasteiger partial charge in [-0.05, 0) is 0 Å². The van der Waals surface area contributed by atoms with Gasteiger partial charge in [-0.25, -0.2) is 0 Å². The normalized spacial score (nSPS) is 22.9. The molecule has 0 aliphatic heterocycles. The van der Waals surface area contributed by atoms with Gasteiger partial charge in [0.05, 0.1) is 0 Å². The molecule has 1 atom stereocenters. The summed E-state index contributed by atoms with van der Waals surface area (Å²) < 4.78 is 5.68. The predicted octanol–water partition coefficient (Wildman–Crippen LogP) is 5.02. The van der Waals surface area contributed by atoms with E-state index in [0.29, 0.717) is 0 Å². The molecule has 127 valence electrons. The maximum atomic E-state index is 6.94. The van der Waals surface area contributed by atoms with Crippen LogP contribution in [-0.2, 0) is 19.2 Å². The molecule has 2 fully saturated rings. The Hall–Kier alpha value is 0.402. The fraction of sp³-hybridized carbons (Fsp3) is 0.667. The number of hydrogen-bond donors (Lipinski definition) is 0. The number of rotatable bonds is 5. The Kier molecular flexibility index (Phi) is 5.90. The van der Waals surface area contributed by atoms with Crippen molar-refractivity contribution in [3.05, 3.63) is 24.3 Å². The van der Waals surface area contributed by atoms with E-state index in [1.807, 2.05) is 0 Å². The quantitative estimate of drug-likeness (QED) is 0.361. The first-order valence-corrected chi connectivity index (χ1v) is 12.1. The van der Waals surface area contributed by atoms with E-state index in [1.165, 1.54) is 56.7 Å². The summed E-state index contributed by atoms with van der Waals surface area (Å²) in [6.45, 7) is 0. The van der Waals surface area contributed by atoms with Gasteiger partial charge >= 0.3 is 152 Å². The van der Waals surface area contributed by atoms with Crippen LogP contribution in [0.3, 0.4) is 0 Å². The summed E-state index contributed by atoms with van der Waals surface area (Å²) >= 11 is 10.5. The summed E-state index contributed by atoms with van der Waals surface area (Å²) in [5.41, 5.74) is 1.67. The second kappa shape index (κ2) is 7.53. The number of halogens is 1. The van der Waals surface area contributed by atoms with Crippen LogP contribution in [0.1, 0.15) is 51.4 Å².